The quantitative estimate of drug-likeness (QED) is 0.0602. The van der Waals surface area contributed by atoms with Crippen LogP contribution in [-0.2, 0) is 27.3 Å². The number of methoxy groups -OCH3 is 2. The standard InChI is InChI=1S/C44H38N4O7/c1-53-25-26-55-24-23-47-41-27-34(17-20-39(41)42(46-47)45-40-22-21-38(43(49)50)36-5-3-4-6-37(36)40)32-15-18-35(19-16-32)48(52)28-29-7-9-30(10-8-29)31-11-13-33(14-12-31)44(51)54-2/h3-22,27H,23-26,28H2,1-2H3,(H-,45,46,49,50)/p+1. The number of esters is 1. The lowest BCUT2D eigenvalue weighted by molar-refractivity contribution is -0.480. The predicted octanol–water partition coefficient (Wildman–Crippen LogP) is 9.03. The second-order valence-corrected chi connectivity index (χ2v) is 12.9. The number of rotatable bonds is 15. The van der Waals surface area contributed by atoms with Crippen LogP contribution in [0.3, 0.4) is 0 Å². The van der Waals surface area contributed by atoms with Crippen LogP contribution in [0, 0.1) is 4.91 Å². The van der Waals surface area contributed by atoms with Crippen molar-refractivity contribution in [1.82, 2.24) is 9.78 Å². The van der Waals surface area contributed by atoms with E-state index in [2.05, 4.69) is 11.4 Å². The third-order valence-electron chi connectivity index (χ3n) is 9.45. The van der Waals surface area contributed by atoms with E-state index in [-0.39, 0.29) is 18.1 Å². The van der Waals surface area contributed by atoms with Crippen LogP contribution in [0.2, 0.25) is 0 Å². The van der Waals surface area contributed by atoms with Gasteiger partial charge in [0.2, 0.25) is 6.54 Å². The molecule has 2 N–H and O–H groups in total. The molecule has 0 amide bonds. The maximum Gasteiger partial charge on any atom is 0.337 e. The van der Waals surface area contributed by atoms with Crippen LogP contribution in [0.25, 0.3) is 43.9 Å². The molecule has 7 rings (SSSR count). The van der Waals surface area contributed by atoms with Gasteiger partial charge in [-0.3, -0.25) is 4.68 Å². The maximum atomic E-state index is 13.2. The number of carbonyl (C=O) groups excluding carboxylic acids is 1. The Bertz CT molecular complexity index is 2490. The van der Waals surface area contributed by atoms with E-state index in [1.54, 1.807) is 37.4 Å². The number of nitrogens with one attached hydrogen (secondary N) is 1. The molecule has 0 aliphatic carbocycles. The second-order valence-electron chi connectivity index (χ2n) is 12.9. The highest BCUT2D eigenvalue weighted by Gasteiger charge is 2.18. The Labute approximate surface area is 317 Å². The molecule has 6 aromatic carbocycles. The largest absolute Gasteiger partial charge is 0.478 e. The zero-order valence-electron chi connectivity index (χ0n) is 30.4. The molecule has 11 heteroatoms. The van der Waals surface area contributed by atoms with Crippen molar-refractivity contribution in [2.75, 3.05) is 39.4 Å². The summed E-state index contributed by atoms with van der Waals surface area (Å²) in [6.07, 6.45) is 0. The fraction of sp³-hybridized carbons (Fsp3) is 0.159. The smallest absolute Gasteiger partial charge is 0.337 e. The summed E-state index contributed by atoms with van der Waals surface area (Å²) in [7, 11) is 2.99. The van der Waals surface area contributed by atoms with Gasteiger partial charge in [0.25, 0.3) is 5.69 Å². The summed E-state index contributed by atoms with van der Waals surface area (Å²) in [5.74, 6) is -0.730. The van der Waals surface area contributed by atoms with Gasteiger partial charge in [0, 0.05) is 50.9 Å². The minimum Gasteiger partial charge on any atom is -0.478 e. The Morgan fingerprint density at radius 1 is 0.727 bits per heavy atom. The number of hydrogen-bond acceptors (Lipinski definition) is 8. The minimum absolute atomic E-state index is 0.183. The molecular formula is C44H39N4O7+. The monoisotopic (exact) mass is 735 g/mol. The average Bonchev–Trinajstić information content (AvgIpc) is 3.56. The average molecular weight is 736 g/mol. The summed E-state index contributed by atoms with van der Waals surface area (Å²) in [6, 6.07) is 39.4. The van der Waals surface area contributed by atoms with Gasteiger partial charge in [-0.1, -0.05) is 66.7 Å². The Morgan fingerprint density at radius 2 is 1.38 bits per heavy atom. The number of aromatic nitrogens is 2. The number of fused-ring (bicyclic) bond motifs is 2. The van der Waals surface area contributed by atoms with Crippen molar-refractivity contribution >= 4 is 50.8 Å². The van der Waals surface area contributed by atoms with Crippen molar-refractivity contribution < 1.29 is 33.7 Å². The summed E-state index contributed by atoms with van der Waals surface area (Å²) >= 11 is 0. The van der Waals surface area contributed by atoms with Crippen LogP contribution in [-0.4, -0.2) is 65.6 Å². The molecule has 0 bridgehead atoms. The number of nitrogens with zero attached hydrogens (tertiary/aromatic N) is 3. The third kappa shape index (κ3) is 8.13. The fourth-order valence-corrected chi connectivity index (χ4v) is 6.53. The van der Waals surface area contributed by atoms with Crippen molar-refractivity contribution in [3.8, 4) is 22.3 Å². The lowest BCUT2D eigenvalue weighted by atomic mass is 10.0. The van der Waals surface area contributed by atoms with Crippen LogP contribution in [0.5, 0.6) is 0 Å². The van der Waals surface area contributed by atoms with Crippen LogP contribution < -0.4 is 5.32 Å². The van der Waals surface area contributed by atoms with Crippen molar-refractivity contribution in [2.24, 2.45) is 0 Å². The highest BCUT2D eigenvalue weighted by atomic mass is 16.5. The first-order valence-electron chi connectivity index (χ1n) is 17.7. The van der Waals surface area contributed by atoms with Gasteiger partial charge in [-0.05, 0) is 76.2 Å². The number of nitroso groups, excluding NO2 is 1. The third-order valence-corrected chi connectivity index (χ3v) is 9.45. The molecule has 11 nitrogen and oxygen atoms in total. The van der Waals surface area contributed by atoms with E-state index in [1.807, 2.05) is 95.7 Å². The molecule has 0 aliphatic rings. The number of carboxylic acid groups (broad SMARTS) is 1. The highest BCUT2D eigenvalue weighted by molar-refractivity contribution is 6.09. The van der Waals surface area contributed by atoms with E-state index >= 15 is 0 Å². The molecule has 0 saturated carbocycles. The molecule has 1 aromatic heterocycles. The van der Waals surface area contributed by atoms with Crippen molar-refractivity contribution in [1.29, 1.82) is 0 Å². The van der Waals surface area contributed by atoms with E-state index in [4.69, 9.17) is 19.3 Å². The Kier molecular flexibility index (Phi) is 11.0. The van der Waals surface area contributed by atoms with E-state index < -0.39 is 5.97 Å². The normalized spacial score (nSPS) is 11.2. The van der Waals surface area contributed by atoms with Gasteiger partial charge in [0.05, 0.1) is 50.1 Å². The predicted molar refractivity (Wildman–Crippen MR) is 212 cm³/mol. The first-order valence-corrected chi connectivity index (χ1v) is 17.7. The van der Waals surface area contributed by atoms with E-state index in [9.17, 15) is 19.6 Å². The van der Waals surface area contributed by atoms with E-state index in [0.717, 1.165) is 54.6 Å². The molecule has 0 unspecified atom stereocenters. The molecule has 0 spiro atoms. The lowest BCUT2D eigenvalue weighted by Gasteiger charge is -2.10. The number of aromatic carboxylic acids is 1. The fourth-order valence-electron chi connectivity index (χ4n) is 6.53. The Balaban J connectivity index is 1.10. The van der Waals surface area contributed by atoms with E-state index in [1.165, 1.54) is 7.11 Å². The van der Waals surface area contributed by atoms with E-state index in [0.29, 0.717) is 48.8 Å². The van der Waals surface area contributed by atoms with Gasteiger partial charge in [0.1, 0.15) is 0 Å². The number of carboxylic acids is 1. The molecule has 276 valence electrons. The molecule has 0 fully saturated rings. The summed E-state index contributed by atoms with van der Waals surface area (Å²) in [5, 5.41) is 20.4. The van der Waals surface area contributed by atoms with Crippen molar-refractivity contribution in [2.45, 2.75) is 13.1 Å². The molecule has 55 heavy (non-hydrogen) atoms. The van der Waals surface area contributed by atoms with Gasteiger partial charge in [-0.15, -0.1) is 0 Å². The zero-order valence-corrected chi connectivity index (χ0v) is 30.4. The summed E-state index contributed by atoms with van der Waals surface area (Å²) < 4.78 is 18.5. The number of hydrogen-bond donors (Lipinski definition) is 2. The van der Waals surface area contributed by atoms with Crippen LogP contribution in [0.4, 0.5) is 17.2 Å². The minimum atomic E-state index is -0.984. The van der Waals surface area contributed by atoms with Gasteiger partial charge in [0.15, 0.2) is 5.82 Å². The number of ether oxygens (including phenoxy) is 3. The maximum absolute atomic E-state index is 13.2. The highest BCUT2D eigenvalue weighted by Crippen LogP contribution is 2.34. The van der Waals surface area contributed by atoms with Crippen LogP contribution in [0.15, 0.2) is 127 Å². The summed E-state index contributed by atoms with van der Waals surface area (Å²) in [6.45, 7) is 2.08. The van der Waals surface area contributed by atoms with Gasteiger partial charge < -0.3 is 24.6 Å². The van der Waals surface area contributed by atoms with Gasteiger partial charge in [-0.2, -0.15) is 5.10 Å². The first kappa shape index (κ1) is 36.7. The molecule has 7 aromatic rings. The lowest BCUT2D eigenvalue weighted by Crippen LogP contribution is -2.10. The van der Waals surface area contributed by atoms with Gasteiger partial charge >= 0.3 is 11.9 Å². The SMILES string of the molecule is COCCOCCn1nc(Nc2ccc(C(=O)O)c3ccccc23)c2ccc(-c3ccc([N+](=O)Cc4ccc(-c5ccc(C(=O)OC)cc5)cc4)cc3)cc21. The zero-order chi connectivity index (χ0) is 38.3. The molecule has 0 saturated heterocycles. The topological polar surface area (TPSA) is 132 Å². The molecular weight excluding hydrogens is 697 g/mol. The van der Waals surface area contributed by atoms with Gasteiger partial charge in [-0.25, -0.2) is 9.59 Å². The van der Waals surface area contributed by atoms with Crippen LogP contribution >= 0.6 is 0 Å². The molecule has 0 aliphatic heterocycles. The Morgan fingerprint density at radius 3 is 2.07 bits per heavy atom. The summed E-state index contributed by atoms with van der Waals surface area (Å²) in [5.41, 5.74) is 7.59. The van der Waals surface area contributed by atoms with Crippen molar-refractivity contribution in [3.63, 3.8) is 0 Å². The van der Waals surface area contributed by atoms with Crippen molar-refractivity contribution in [3.05, 3.63) is 149 Å². The number of benzene rings is 6. The second kappa shape index (κ2) is 16.5. The first-order chi connectivity index (χ1) is 26.8. The number of carbonyl (C=O) groups is 2. The Hall–Kier alpha value is -6.69. The molecule has 0 atom stereocenters. The molecule has 0 radical (unpaired) electrons. The molecule has 1 heterocycles. The number of anilines is 2. The van der Waals surface area contributed by atoms with Crippen LogP contribution in [0.1, 0.15) is 26.3 Å². The summed E-state index contributed by atoms with van der Waals surface area (Å²) in [4.78, 5) is 36.9.